The lowest BCUT2D eigenvalue weighted by atomic mass is 9.86. The highest BCUT2D eigenvalue weighted by molar-refractivity contribution is 5.50. The first-order valence-electron chi connectivity index (χ1n) is 4.63. The summed E-state index contributed by atoms with van der Waals surface area (Å²) in [6, 6.07) is 0. The minimum absolute atomic E-state index is 0.771. The van der Waals surface area contributed by atoms with Gasteiger partial charge >= 0.3 is 0 Å². The van der Waals surface area contributed by atoms with Crippen LogP contribution < -0.4 is 0 Å². The number of rotatable bonds is 2. The summed E-state index contributed by atoms with van der Waals surface area (Å²) in [6.07, 6.45) is 5.21. The second-order valence-corrected chi connectivity index (χ2v) is 4.09. The van der Waals surface area contributed by atoms with Crippen LogP contribution in [-0.2, 0) is 4.79 Å². The second-order valence-electron chi connectivity index (χ2n) is 4.09. The van der Waals surface area contributed by atoms with Crippen LogP contribution in [0, 0.1) is 5.92 Å². The van der Waals surface area contributed by atoms with E-state index >= 15 is 0 Å². The van der Waals surface area contributed by atoms with Crippen molar-refractivity contribution in [1.29, 1.82) is 0 Å². The minimum atomic E-state index is 0.771. The normalized spacial score (nSPS) is 42.4. The van der Waals surface area contributed by atoms with Gasteiger partial charge in [0.1, 0.15) is 6.54 Å². The molecule has 0 aromatic heterocycles. The Hall–Kier alpha value is -0.370. The molecule has 0 spiro atoms. The van der Waals surface area contributed by atoms with E-state index in [1.54, 1.807) is 0 Å². The molecule has 0 aromatic carbocycles. The van der Waals surface area contributed by atoms with E-state index in [4.69, 9.17) is 0 Å². The highest BCUT2D eigenvalue weighted by Crippen LogP contribution is 2.32. The fraction of sp³-hybridized carbons (Fsp3) is 0.889. The van der Waals surface area contributed by atoms with Crippen LogP contribution in [0.5, 0.6) is 0 Å². The molecule has 3 aliphatic heterocycles. The van der Waals surface area contributed by atoms with E-state index in [0.717, 1.165) is 23.2 Å². The molecule has 3 rings (SSSR count). The third-order valence-electron chi connectivity index (χ3n) is 3.50. The number of hydrogen-bond acceptors (Lipinski definition) is 1. The highest BCUT2D eigenvalue weighted by Gasteiger charge is 2.38. The summed E-state index contributed by atoms with van der Waals surface area (Å²) in [5.74, 6) is 1.00. The molecule has 3 heterocycles. The molecule has 11 heavy (non-hydrogen) atoms. The molecule has 0 N–H and O–H groups in total. The molecular formula is C9H16NO+. The van der Waals surface area contributed by atoms with E-state index in [-0.39, 0.29) is 0 Å². The molecule has 2 heteroatoms. The number of hydrogen-bond donors (Lipinski definition) is 0. The Kier molecular flexibility index (Phi) is 1.72. The van der Waals surface area contributed by atoms with Crippen LogP contribution in [0.25, 0.3) is 0 Å². The Morgan fingerprint density at radius 3 is 2.18 bits per heavy atom. The molecule has 3 fully saturated rings. The van der Waals surface area contributed by atoms with Gasteiger partial charge in [0, 0.05) is 0 Å². The lowest BCUT2D eigenvalue weighted by Crippen LogP contribution is -2.58. The van der Waals surface area contributed by atoms with Crippen molar-refractivity contribution in [3.8, 4) is 0 Å². The first-order valence-corrected chi connectivity index (χ1v) is 4.63. The quantitative estimate of drug-likeness (QED) is 0.425. The summed E-state index contributed by atoms with van der Waals surface area (Å²) >= 11 is 0. The molecule has 3 aliphatic rings. The summed E-state index contributed by atoms with van der Waals surface area (Å²) in [6.45, 7) is 4.57. The first kappa shape index (κ1) is 7.29. The topological polar surface area (TPSA) is 17.1 Å². The Bertz CT molecular complexity index is 145. The summed E-state index contributed by atoms with van der Waals surface area (Å²) in [4.78, 5) is 10.4. The van der Waals surface area contributed by atoms with Crippen molar-refractivity contribution >= 4 is 6.29 Å². The second kappa shape index (κ2) is 2.59. The molecule has 62 valence electrons. The van der Waals surface area contributed by atoms with Crippen molar-refractivity contribution in [1.82, 2.24) is 0 Å². The zero-order chi connectivity index (χ0) is 7.73. The largest absolute Gasteiger partial charge is 0.318 e. The molecule has 0 aliphatic carbocycles. The van der Waals surface area contributed by atoms with E-state index in [9.17, 15) is 4.79 Å². The van der Waals surface area contributed by atoms with E-state index < -0.39 is 0 Å². The van der Waals surface area contributed by atoms with Gasteiger partial charge in [-0.2, -0.15) is 0 Å². The van der Waals surface area contributed by atoms with Gasteiger partial charge in [-0.3, -0.25) is 4.79 Å². The standard InChI is InChI=1S/C9H16NO/c11-8-7-10-4-1-9(2-5-10)3-6-10/h8-9H,1-7H2/q+1. The summed E-state index contributed by atoms with van der Waals surface area (Å²) < 4.78 is 1.11. The van der Waals surface area contributed by atoms with E-state index in [2.05, 4.69) is 0 Å². The van der Waals surface area contributed by atoms with Gasteiger partial charge < -0.3 is 4.48 Å². The van der Waals surface area contributed by atoms with Crippen LogP contribution in [0.2, 0.25) is 0 Å². The maximum atomic E-state index is 10.4. The zero-order valence-electron chi connectivity index (χ0n) is 6.96. The molecule has 2 nitrogen and oxygen atoms in total. The fourth-order valence-electron chi connectivity index (χ4n) is 2.57. The van der Waals surface area contributed by atoms with E-state index in [1.165, 1.54) is 38.9 Å². The number of carbonyl (C=O) groups is 1. The monoisotopic (exact) mass is 154 g/mol. The third kappa shape index (κ3) is 1.20. The average Bonchev–Trinajstić information content (AvgIpc) is 2.07. The molecular weight excluding hydrogens is 138 g/mol. The molecule has 0 radical (unpaired) electrons. The molecule has 0 atom stereocenters. The Morgan fingerprint density at radius 2 is 1.73 bits per heavy atom. The van der Waals surface area contributed by atoms with Gasteiger partial charge in [0.2, 0.25) is 0 Å². The van der Waals surface area contributed by atoms with Crippen molar-refractivity contribution in [3.63, 3.8) is 0 Å². The predicted molar refractivity (Wildman–Crippen MR) is 43.1 cm³/mol. The van der Waals surface area contributed by atoms with Crippen LogP contribution >= 0.6 is 0 Å². The van der Waals surface area contributed by atoms with Gasteiger partial charge in [0.25, 0.3) is 0 Å². The lowest BCUT2D eigenvalue weighted by Gasteiger charge is -2.48. The Labute approximate surface area is 67.8 Å². The number of aldehydes is 1. The highest BCUT2D eigenvalue weighted by atomic mass is 16.1. The van der Waals surface area contributed by atoms with Gasteiger partial charge in [-0.05, 0) is 25.2 Å². The smallest absolute Gasteiger partial charge is 0.174 e. The maximum absolute atomic E-state index is 10.4. The number of quaternary nitrogens is 1. The van der Waals surface area contributed by atoms with Crippen LogP contribution in [0.3, 0.4) is 0 Å². The molecule has 2 bridgehead atoms. The average molecular weight is 154 g/mol. The fourth-order valence-corrected chi connectivity index (χ4v) is 2.57. The Balaban J connectivity index is 2.05. The van der Waals surface area contributed by atoms with Crippen molar-refractivity contribution < 1.29 is 9.28 Å². The summed E-state index contributed by atoms with van der Waals surface area (Å²) in [5.41, 5.74) is 0. The summed E-state index contributed by atoms with van der Waals surface area (Å²) in [7, 11) is 0. The number of nitrogens with zero attached hydrogens (tertiary/aromatic N) is 1. The van der Waals surface area contributed by atoms with Crippen LogP contribution in [0.4, 0.5) is 0 Å². The molecule has 0 unspecified atom stereocenters. The number of fused-ring (bicyclic) bond motifs is 3. The number of piperidine rings is 3. The van der Waals surface area contributed by atoms with Gasteiger partial charge in [-0.1, -0.05) is 0 Å². The van der Waals surface area contributed by atoms with Gasteiger partial charge in [0.05, 0.1) is 19.6 Å². The van der Waals surface area contributed by atoms with Crippen LogP contribution in [-0.4, -0.2) is 36.9 Å². The van der Waals surface area contributed by atoms with Crippen LogP contribution in [0.15, 0.2) is 0 Å². The zero-order valence-corrected chi connectivity index (χ0v) is 6.96. The first-order chi connectivity index (χ1) is 5.35. The van der Waals surface area contributed by atoms with Crippen molar-refractivity contribution in [2.24, 2.45) is 5.92 Å². The predicted octanol–water partition coefficient (Wildman–Crippen LogP) is 0.816. The summed E-state index contributed by atoms with van der Waals surface area (Å²) in [5, 5.41) is 0. The molecule has 0 aromatic rings. The van der Waals surface area contributed by atoms with Gasteiger partial charge in [0.15, 0.2) is 6.29 Å². The lowest BCUT2D eigenvalue weighted by molar-refractivity contribution is -0.934. The van der Waals surface area contributed by atoms with Gasteiger partial charge in [-0.25, -0.2) is 0 Å². The Morgan fingerprint density at radius 1 is 1.18 bits per heavy atom. The molecule has 0 saturated carbocycles. The van der Waals surface area contributed by atoms with E-state index in [1.807, 2.05) is 0 Å². The maximum Gasteiger partial charge on any atom is 0.174 e. The third-order valence-corrected chi connectivity index (χ3v) is 3.50. The van der Waals surface area contributed by atoms with Crippen molar-refractivity contribution in [3.05, 3.63) is 0 Å². The van der Waals surface area contributed by atoms with Crippen molar-refractivity contribution in [2.45, 2.75) is 19.3 Å². The van der Waals surface area contributed by atoms with Crippen LogP contribution in [0.1, 0.15) is 19.3 Å². The SMILES string of the molecule is O=CC[N+]12CCC(CC1)CC2. The molecule has 3 saturated heterocycles. The minimum Gasteiger partial charge on any atom is -0.318 e. The molecule has 0 amide bonds. The van der Waals surface area contributed by atoms with Gasteiger partial charge in [-0.15, -0.1) is 0 Å². The number of carbonyl (C=O) groups excluding carboxylic acids is 1. The van der Waals surface area contributed by atoms with Crippen molar-refractivity contribution in [2.75, 3.05) is 26.2 Å². The van der Waals surface area contributed by atoms with E-state index in [0.29, 0.717) is 0 Å².